The van der Waals surface area contributed by atoms with Crippen LogP contribution in [0.5, 0.6) is 0 Å². The second-order valence-electron chi connectivity index (χ2n) is 5.14. The van der Waals surface area contributed by atoms with Crippen LogP contribution in [0.4, 0.5) is 8.78 Å². The van der Waals surface area contributed by atoms with Crippen molar-refractivity contribution in [3.05, 3.63) is 28.7 Å². The van der Waals surface area contributed by atoms with Gasteiger partial charge in [-0.15, -0.1) is 5.10 Å². The standard InChI is InChI=1S/C13H14ClF2N3/c1-2-3-8-4-10(14)19-11(5-8)17-12(18-19)9-6-13(15,16)7-9/h4-5,9H,2-3,6-7H2,1H3. The maximum Gasteiger partial charge on any atom is 0.249 e. The number of aryl methyl sites for hydroxylation is 1. The summed E-state index contributed by atoms with van der Waals surface area (Å²) in [6, 6.07) is 3.77. The van der Waals surface area contributed by atoms with Crippen LogP contribution >= 0.6 is 11.6 Å². The number of alkyl halides is 2. The summed E-state index contributed by atoms with van der Waals surface area (Å²) in [7, 11) is 0. The van der Waals surface area contributed by atoms with Crippen LogP contribution in [-0.4, -0.2) is 20.5 Å². The molecule has 0 radical (unpaired) electrons. The summed E-state index contributed by atoms with van der Waals surface area (Å²) in [4.78, 5) is 4.34. The van der Waals surface area contributed by atoms with Gasteiger partial charge in [0.25, 0.3) is 0 Å². The van der Waals surface area contributed by atoms with Crippen LogP contribution < -0.4 is 0 Å². The average Bonchev–Trinajstić information content (AvgIpc) is 2.70. The minimum absolute atomic E-state index is 0.163. The zero-order valence-electron chi connectivity index (χ0n) is 10.5. The number of aromatic nitrogens is 3. The number of nitrogens with zero attached hydrogens (tertiary/aromatic N) is 3. The highest BCUT2D eigenvalue weighted by Crippen LogP contribution is 2.47. The molecule has 0 atom stereocenters. The highest BCUT2D eigenvalue weighted by atomic mass is 35.5. The fraction of sp³-hybridized carbons (Fsp3) is 0.538. The summed E-state index contributed by atoms with van der Waals surface area (Å²) in [6.45, 7) is 2.09. The second kappa shape index (κ2) is 4.40. The van der Waals surface area contributed by atoms with E-state index in [1.807, 2.05) is 12.1 Å². The Bertz CT molecular complexity index is 616. The Hall–Kier alpha value is -1.23. The molecule has 1 aliphatic carbocycles. The number of halogens is 3. The first-order valence-corrected chi connectivity index (χ1v) is 6.79. The van der Waals surface area contributed by atoms with Crippen molar-refractivity contribution < 1.29 is 8.78 Å². The van der Waals surface area contributed by atoms with Gasteiger partial charge in [0.1, 0.15) is 5.15 Å². The molecule has 19 heavy (non-hydrogen) atoms. The van der Waals surface area contributed by atoms with Crippen LogP contribution in [-0.2, 0) is 6.42 Å². The van der Waals surface area contributed by atoms with E-state index in [-0.39, 0.29) is 18.8 Å². The van der Waals surface area contributed by atoms with Gasteiger partial charge in [0, 0.05) is 18.8 Å². The van der Waals surface area contributed by atoms with Crippen LogP contribution in [0, 0.1) is 0 Å². The third kappa shape index (κ3) is 2.31. The molecule has 102 valence electrons. The van der Waals surface area contributed by atoms with Crippen molar-refractivity contribution in [2.75, 3.05) is 0 Å². The topological polar surface area (TPSA) is 30.2 Å². The summed E-state index contributed by atoms with van der Waals surface area (Å²) >= 11 is 6.15. The molecule has 1 saturated carbocycles. The molecule has 2 aromatic rings. The summed E-state index contributed by atoms with van der Waals surface area (Å²) in [5.41, 5.74) is 1.74. The van der Waals surface area contributed by atoms with E-state index >= 15 is 0 Å². The van der Waals surface area contributed by atoms with Crippen LogP contribution in [0.1, 0.15) is 43.5 Å². The van der Waals surface area contributed by atoms with Gasteiger partial charge in [-0.1, -0.05) is 24.9 Å². The number of pyridine rings is 1. The van der Waals surface area contributed by atoms with E-state index in [0.29, 0.717) is 16.6 Å². The molecular formula is C13H14ClF2N3. The van der Waals surface area contributed by atoms with Gasteiger partial charge in [0.15, 0.2) is 11.5 Å². The molecule has 0 unspecified atom stereocenters. The van der Waals surface area contributed by atoms with E-state index in [4.69, 9.17) is 11.6 Å². The van der Waals surface area contributed by atoms with Crippen LogP contribution in [0.3, 0.4) is 0 Å². The molecule has 2 heterocycles. The van der Waals surface area contributed by atoms with Crippen molar-refractivity contribution >= 4 is 17.2 Å². The van der Waals surface area contributed by atoms with Crippen molar-refractivity contribution in [1.82, 2.24) is 14.6 Å². The van der Waals surface area contributed by atoms with E-state index in [1.165, 1.54) is 4.52 Å². The molecule has 0 spiro atoms. The molecule has 2 aromatic heterocycles. The molecule has 1 aliphatic rings. The molecule has 0 N–H and O–H groups in total. The van der Waals surface area contributed by atoms with Crippen LogP contribution in [0.15, 0.2) is 12.1 Å². The lowest BCUT2D eigenvalue weighted by Gasteiger charge is -2.32. The smallest absolute Gasteiger partial charge is 0.212 e. The third-order valence-corrected chi connectivity index (χ3v) is 3.73. The van der Waals surface area contributed by atoms with Gasteiger partial charge in [0.2, 0.25) is 5.92 Å². The predicted molar refractivity (Wildman–Crippen MR) is 68.9 cm³/mol. The number of hydrogen-bond donors (Lipinski definition) is 0. The Morgan fingerprint density at radius 1 is 1.42 bits per heavy atom. The van der Waals surface area contributed by atoms with Crippen molar-refractivity contribution in [2.24, 2.45) is 0 Å². The molecule has 0 bridgehead atoms. The van der Waals surface area contributed by atoms with Crippen molar-refractivity contribution in [3.8, 4) is 0 Å². The molecule has 3 nitrogen and oxygen atoms in total. The fourth-order valence-corrected chi connectivity index (χ4v) is 2.73. The Labute approximate surface area is 114 Å². The van der Waals surface area contributed by atoms with Gasteiger partial charge in [0.05, 0.1) is 0 Å². The normalized spacial score (nSPS) is 18.7. The fourth-order valence-electron chi connectivity index (χ4n) is 2.46. The van der Waals surface area contributed by atoms with Crippen molar-refractivity contribution in [3.63, 3.8) is 0 Å². The maximum atomic E-state index is 12.9. The zero-order chi connectivity index (χ0) is 13.6. The molecule has 3 rings (SSSR count). The van der Waals surface area contributed by atoms with E-state index in [2.05, 4.69) is 17.0 Å². The Balaban J connectivity index is 1.94. The zero-order valence-corrected chi connectivity index (χ0v) is 11.3. The molecule has 0 aliphatic heterocycles. The number of fused-ring (bicyclic) bond motifs is 1. The summed E-state index contributed by atoms with van der Waals surface area (Å²) < 4.78 is 27.3. The van der Waals surface area contributed by atoms with Gasteiger partial charge in [-0.25, -0.2) is 18.3 Å². The first-order chi connectivity index (χ1) is 8.98. The monoisotopic (exact) mass is 285 g/mol. The maximum absolute atomic E-state index is 12.9. The number of rotatable bonds is 3. The van der Waals surface area contributed by atoms with Crippen LogP contribution in [0.2, 0.25) is 5.15 Å². The van der Waals surface area contributed by atoms with E-state index in [0.717, 1.165) is 18.4 Å². The average molecular weight is 286 g/mol. The summed E-state index contributed by atoms with van der Waals surface area (Å²) in [5, 5.41) is 4.72. The Kier molecular flexibility index (Phi) is 2.96. The lowest BCUT2D eigenvalue weighted by molar-refractivity contribution is -0.0884. The first-order valence-electron chi connectivity index (χ1n) is 6.41. The predicted octanol–water partition coefficient (Wildman–Crippen LogP) is 3.85. The molecule has 0 saturated heterocycles. The lowest BCUT2D eigenvalue weighted by Crippen LogP contribution is -2.34. The molecule has 6 heteroatoms. The highest BCUT2D eigenvalue weighted by Gasteiger charge is 2.47. The second-order valence-corrected chi connectivity index (χ2v) is 5.52. The molecular weight excluding hydrogens is 272 g/mol. The highest BCUT2D eigenvalue weighted by molar-refractivity contribution is 6.29. The van der Waals surface area contributed by atoms with Gasteiger partial charge >= 0.3 is 0 Å². The van der Waals surface area contributed by atoms with E-state index in [1.54, 1.807) is 0 Å². The first kappa shape index (κ1) is 12.8. The SMILES string of the molecule is CCCc1cc(Cl)n2nc(C3CC(F)(F)C3)nc2c1. The summed E-state index contributed by atoms with van der Waals surface area (Å²) in [5.74, 6) is -2.33. The van der Waals surface area contributed by atoms with E-state index in [9.17, 15) is 8.78 Å². The molecule has 0 aromatic carbocycles. The van der Waals surface area contributed by atoms with Crippen LogP contribution in [0.25, 0.3) is 5.65 Å². The lowest BCUT2D eigenvalue weighted by atomic mass is 9.81. The van der Waals surface area contributed by atoms with E-state index < -0.39 is 5.92 Å². The van der Waals surface area contributed by atoms with Crippen molar-refractivity contribution in [2.45, 2.75) is 44.4 Å². The largest absolute Gasteiger partial charge is 0.249 e. The Morgan fingerprint density at radius 3 is 2.79 bits per heavy atom. The summed E-state index contributed by atoms with van der Waals surface area (Å²) in [6.07, 6.45) is 1.61. The number of hydrogen-bond acceptors (Lipinski definition) is 2. The van der Waals surface area contributed by atoms with Crippen molar-refractivity contribution in [1.29, 1.82) is 0 Å². The Morgan fingerprint density at radius 2 is 2.16 bits per heavy atom. The van der Waals surface area contributed by atoms with Gasteiger partial charge < -0.3 is 0 Å². The minimum Gasteiger partial charge on any atom is -0.212 e. The van der Waals surface area contributed by atoms with Gasteiger partial charge in [-0.2, -0.15) is 0 Å². The van der Waals surface area contributed by atoms with Gasteiger partial charge in [-0.05, 0) is 24.1 Å². The van der Waals surface area contributed by atoms with Gasteiger partial charge in [-0.3, -0.25) is 0 Å². The third-order valence-electron chi connectivity index (χ3n) is 3.46. The minimum atomic E-state index is -2.56. The molecule has 1 fully saturated rings. The molecule has 0 amide bonds. The quantitative estimate of drug-likeness (QED) is 0.802.